The molecule has 2 aromatic carbocycles. The molecule has 2 amide bonds. The molecular formula is C16H12N2O3. The van der Waals surface area contributed by atoms with Crippen molar-refractivity contribution in [1.29, 1.82) is 0 Å². The molecule has 0 radical (unpaired) electrons. The third-order valence-corrected chi connectivity index (χ3v) is 2.68. The number of carbonyl (C=O) groups excluding carboxylic acids is 1. The van der Waals surface area contributed by atoms with Crippen LogP contribution in [0, 0.1) is 12.3 Å². The predicted molar refractivity (Wildman–Crippen MR) is 80.4 cm³/mol. The van der Waals surface area contributed by atoms with E-state index in [1.807, 2.05) is 0 Å². The second kappa shape index (κ2) is 6.26. The van der Waals surface area contributed by atoms with Crippen LogP contribution in [-0.4, -0.2) is 17.1 Å². The third-order valence-electron chi connectivity index (χ3n) is 2.68. The van der Waals surface area contributed by atoms with Crippen LogP contribution in [0.2, 0.25) is 0 Å². The minimum absolute atomic E-state index is 0.155. The van der Waals surface area contributed by atoms with Gasteiger partial charge in [0.25, 0.3) is 0 Å². The van der Waals surface area contributed by atoms with Crippen molar-refractivity contribution in [1.82, 2.24) is 0 Å². The molecule has 0 fully saturated rings. The molecule has 0 bridgehead atoms. The van der Waals surface area contributed by atoms with E-state index in [0.717, 1.165) is 0 Å². The molecule has 0 aromatic heterocycles. The van der Waals surface area contributed by atoms with Crippen molar-refractivity contribution in [2.75, 3.05) is 10.6 Å². The zero-order chi connectivity index (χ0) is 15.2. The Morgan fingerprint density at radius 1 is 1.00 bits per heavy atom. The molecule has 3 N–H and O–H groups in total. The van der Waals surface area contributed by atoms with Crippen LogP contribution in [0.1, 0.15) is 15.9 Å². The molecule has 5 heteroatoms. The molecule has 2 aromatic rings. The highest BCUT2D eigenvalue weighted by Gasteiger charge is 2.05. The van der Waals surface area contributed by atoms with Crippen LogP contribution in [0.25, 0.3) is 0 Å². The maximum absolute atomic E-state index is 11.8. The van der Waals surface area contributed by atoms with Crippen LogP contribution >= 0.6 is 0 Å². The van der Waals surface area contributed by atoms with Crippen LogP contribution in [0.4, 0.5) is 16.2 Å². The normalized spacial score (nSPS) is 9.48. The van der Waals surface area contributed by atoms with E-state index in [4.69, 9.17) is 11.5 Å². The van der Waals surface area contributed by atoms with Crippen molar-refractivity contribution in [3.05, 3.63) is 59.7 Å². The number of urea groups is 1. The van der Waals surface area contributed by atoms with E-state index in [9.17, 15) is 9.59 Å². The van der Waals surface area contributed by atoms with Gasteiger partial charge < -0.3 is 15.7 Å². The Morgan fingerprint density at radius 2 is 1.67 bits per heavy atom. The Morgan fingerprint density at radius 3 is 2.29 bits per heavy atom. The first-order valence-corrected chi connectivity index (χ1v) is 6.06. The number of carbonyl (C=O) groups is 2. The number of hydrogen-bond donors (Lipinski definition) is 3. The second-order valence-corrected chi connectivity index (χ2v) is 4.19. The quantitative estimate of drug-likeness (QED) is 0.756. The molecule has 0 aliphatic rings. The number of amides is 2. The predicted octanol–water partition coefficient (Wildman–Crippen LogP) is 3.01. The summed E-state index contributed by atoms with van der Waals surface area (Å²) in [7, 11) is 0. The molecule has 2 rings (SSSR count). The van der Waals surface area contributed by atoms with Crippen molar-refractivity contribution in [2.24, 2.45) is 0 Å². The van der Waals surface area contributed by atoms with Crippen molar-refractivity contribution in [3.63, 3.8) is 0 Å². The third kappa shape index (κ3) is 3.85. The van der Waals surface area contributed by atoms with Crippen molar-refractivity contribution >= 4 is 23.4 Å². The number of anilines is 2. The number of nitrogens with one attached hydrogen (secondary N) is 2. The number of carboxylic acid groups (broad SMARTS) is 1. The Bertz CT molecular complexity index is 715. The molecule has 0 spiro atoms. The molecular weight excluding hydrogens is 268 g/mol. The first-order chi connectivity index (χ1) is 10.1. The van der Waals surface area contributed by atoms with Gasteiger partial charge in [0.2, 0.25) is 0 Å². The zero-order valence-corrected chi connectivity index (χ0v) is 11.0. The Hall–Kier alpha value is -3.26. The van der Waals surface area contributed by atoms with Crippen molar-refractivity contribution in [3.8, 4) is 12.3 Å². The first kappa shape index (κ1) is 14.2. The fourth-order valence-corrected chi connectivity index (χ4v) is 1.68. The maximum atomic E-state index is 11.8. The summed E-state index contributed by atoms with van der Waals surface area (Å²) in [5.74, 6) is 1.46. The number of rotatable bonds is 3. The fraction of sp³-hybridized carbons (Fsp3) is 0. The lowest BCUT2D eigenvalue weighted by molar-refractivity contribution is 0.0697. The molecule has 21 heavy (non-hydrogen) atoms. The van der Waals surface area contributed by atoms with E-state index in [2.05, 4.69) is 16.6 Å². The summed E-state index contributed by atoms with van der Waals surface area (Å²) < 4.78 is 0. The lowest BCUT2D eigenvalue weighted by Crippen LogP contribution is -2.19. The van der Waals surface area contributed by atoms with Crippen LogP contribution in [0.15, 0.2) is 48.5 Å². The van der Waals surface area contributed by atoms with Gasteiger partial charge in [0.1, 0.15) is 0 Å². The molecule has 0 saturated carbocycles. The molecule has 5 nitrogen and oxygen atoms in total. The van der Waals surface area contributed by atoms with E-state index in [-0.39, 0.29) is 5.56 Å². The van der Waals surface area contributed by atoms with E-state index in [0.29, 0.717) is 16.9 Å². The Kier molecular flexibility index (Phi) is 4.22. The largest absolute Gasteiger partial charge is 0.478 e. The van der Waals surface area contributed by atoms with Gasteiger partial charge in [0.15, 0.2) is 0 Å². The van der Waals surface area contributed by atoms with Gasteiger partial charge >= 0.3 is 12.0 Å². The van der Waals surface area contributed by atoms with Gasteiger partial charge in [-0.1, -0.05) is 12.0 Å². The second-order valence-electron chi connectivity index (χ2n) is 4.19. The van der Waals surface area contributed by atoms with Crippen LogP contribution in [0.3, 0.4) is 0 Å². The topological polar surface area (TPSA) is 78.4 Å². The zero-order valence-electron chi connectivity index (χ0n) is 11.0. The van der Waals surface area contributed by atoms with Crippen molar-refractivity contribution in [2.45, 2.75) is 0 Å². The minimum Gasteiger partial charge on any atom is -0.478 e. The van der Waals surface area contributed by atoms with Crippen LogP contribution in [-0.2, 0) is 0 Å². The standard InChI is InChI=1S/C16H12N2O3/c1-2-11-4-3-5-14(10-11)18-16(21)17-13-8-6-12(7-9-13)15(19)20/h1,3-10H,(H,19,20)(H2,17,18,21). The number of hydrogen-bond acceptors (Lipinski definition) is 2. The van der Waals surface area contributed by atoms with E-state index in [1.165, 1.54) is 24.3 Å². The summed E-state index contributed by atoms with van der Waals surface area (Å²) in [6, 6.07) is 12.3. The maximum Gasteiger partial charge on any atom is 0.335 e. The fourth-order valence-electron chi connectivity index (χ4n) is 1.68. The van der Waals surface area contributed by atoms with Gasteiger partial charge in [-0.05, 0) is 42.5 Å². The molecule has 0 aliphatic carbocycles. The van der Waals surface area contributed by atoms with E-state index < -0.39 is 12.0 Å². The number of aromatic carboxylic acids is 1. The molecule has 0 saturated heterocycles. The summed E-state index contributed by atoms with van der Waals surface area (Å²) >= 11 is 0. The number of carboxylic acids is 1. The van der Waals surface area contributed by atoms with E-state index >= 15 is 0 Å². The average molecular weight is 280 g/mol. The molecule has 0 atom stereocenters. The number of benzene rings is 2. The van der Waals surface area contributed by atoms with Gasteiger partial charge in [-0.25, -0.2) is 9.59 Å². The molecule has 0 aliphatic heterocycles. The van der Waals surface area contributed by atoms with Crippen LogP contribution < -0.4 is 10.6 Å². The van der Waals surface area contributed by atoms with Crippen LogP contribution in [0.5, 0.6) is 0 Å². The van der Waals surface area contributed by atoms with Crippen molar-refractivity contribution < 1.29 is 14.7 Å². The van der Waals surface area contributed by atoms with Gasteiger partial charge in [-0.3, -0.25) is 0 Å². The summed E-state index contributed by atoms with van der Waals surface area (Å²) in [5.41, 5.74) is 1.89. The van der Waals surface area contributed by atoms with Gasteiger partial charge in [-0.15, -0.1) is 6.42 Å². The first-order valence-electron chi connectivity index (χ1n) is 6.06. The lowest BCUT2D eigenvalue weighted by atomic mass is 10.2. The van der Waals surface area contributed by atoms with E-state index in [1.54, 1.807) is 24.3 Å². The lowest BCUT2D eigenvalue weighted by Gasteiger charge is -2.08. The Labute approximate surface area is 121 Å². The summed E-state index contributed by atoms with van der Waals surface area (Å²) in [6.07, 6.45) is 5.29. The van der Waals surface area contributed by atoms with Gasteiger partial charge in [-0.2, -0.15) is 0 Å². The highest BCUT2D eigenvalue weighted by Crippen LogP contribution is 2.12. The summed E-state index contributed by atoms with van der Waals surface area (Å²) in [6.45, 7) is 0. The summed E-state index contributed by atoms with van der Waals surface area (Å²) in [4.78, 5) is 22.5. The highest BCUT2D eigenvalue weighted by atomic mass is 16.4. The van der Waals surface area contributed by atoms with Gasteiger partial charge in [0, 0.05) is 16.9 Å². The molecule has 104 valence electrons. The van der Waals surface area contributed by atoms with Gasteiger partial charge in [0.05, 0.1) is 5.56 Å². The number of terminal acetylenes is 1. The smallest absolute Gasteiger partial charge is 0.335 e. The summed E-state index contributed by atoms with van der Waals surface area (Å²) in [5, 5.41) is 14.0. The Balaban J connectivity index is 2.01. The highest BCUT2D eigenvalue weighted by molar-refractivity contribution is 6.00. The SMILES string of the molecule is C#Cc1cccc(NC(=O)Nc2ccc(C(=O)O)cc2)c1. The molecule has 0 heterocycles. The minimum atomic E-state index is -1.02. The molecule has 0 unspecified atom stereocenters. The monoisotopic (exact) mass is 280 g/mol. The average Bonchev–Trinajstić information content (AvgIpc) is 2.47.